The summed E-state index contributed by atoms with van der Waals surface area (Å²) in [5, 5.41) is 14.2. The maximum absolute atomic E-state index is 13.2. The van der Waals surface area contributed by atoms with Crippen molar-refractivity contribution in [2.75, 3.05) is 39.8 Å². The highest BCUT2D eigenvalue weighted by atomic mass is 35.5. The van der Waals surface area contributed by atoms with Crippen molar-refractivity contribution in [1.29, 1.82) is 0 Å². The number of fused-ring (bicyclic) bond motifs is 4. The number of rotatable bonds is 3. The summed E-state index contributed by atoms with van der Waals surface area (Å²) in [5.41, 5.74) is 0.229. The van der Waals surface area contributed by atoms with Gasteiger partial charge in [0.15, 0.2) is 0 Å². The number of hydrogen-bond acceptors (Lipinski definition) is 5. The molecule has 0 aliphatic carbocycles. The lowest BCUT2D eigenvalue weighted by Crippen LogP contribution is -2.63. The molecule has 0 unspecified atom stereocenters. The van der Waals surface area contributed by atoms with Crippen LogP contribution in [0.4, 0.5) is 0 Å². The minimum absolute atomic E-state index is 0. The van der Waals surface area contributed by atoms with Crippen LogP contribution in [0.1, 0.15) is 50.1 Å². The van der Waals surface area contributed by atoms with Gasteiger partial charge < -0.3 is 20.1 Å². The third-order valence-corrected chi connectivity index (χ3v) is 8.00. The van der Waals surface area contributed by atoms with Crippen molar-refractivity contribution in [2.24, 2.45) is 11.8 Å². The third-order valence-electron chi connectivity index (χ3n) is 8.00. The number of likely N-dealkylation sites (tertiary alicyclic amines) is 1. The predicted molar refractivity (Wildman–Crippen MR) is 130 cm³/mol. The topological polar surface area (TPSA) is 65.0 Å². The van der Waals surface area contributed by atoms with Gasteiger partial charge in [0, 0.05) is 31.7 Å². The number of amides is 1. The summed E-state index contributed by atoms with van der Waals surface area (Å²) in [7, 11) is 1.71. The minimum atomic E-state index is -1.16. The van der Waals surface area contributed by atoms with E-state index < -0.39 is 5.60 Å². The van der Waals surface area contributed by atoms with E-state index in [4.69, 9.17) is 4.74 Å². The van der Waals surface area contributed by atoms with Gasteiger partial charge in [-0.3, -0.25) is 9.69 Å². The molecule has 6 nitrogen and oxygen atoms in total. The molecule has 2 N–H and O–H groups in total. The summed E-state index contributed by atoms with van der Waals surface area (Å²) in [6, 6.07) is 9.60. The zero-order chi connectivity index (χ0) is 20.7. The number of carbonyl (C=O) groups excluding carboxylic acids is 1. The Kier molecular flexibility index (Phi) is 8.37. The lowest BCUT2D eigenvalue weighted by Gasteiger charge is -2.55. The van der Waals surface area contributed by atoms with Crippen LogP contribution in [0.2, 0.25) is 0 Å². The van der Waals surface area contributed by atoms with Gasteiger partial charge in [-0.15, -0.1) is 24.8 Å². The molecule has 1 aromatic rings. The highest BCUT2D eigenvalue weighted by Gasteiger charge is 2.48. The average Bonchev–Trinajstić information content (AvgIpc) is 2.78. The molecule has 4 fully saturated rings. The molecule has 32 heavy (non-hydrogen) atoms. The predicted octanol–water partition coefficient (Wildman–Crippen LogP) is 3.03. The Balaban J connectivity index is 0.00000144. The van der Waals surface area contributed by atoms with Crippen molar-refractivity contribution in [2.45, 2.75) is 56.2 Å². The molecular weight excluding hydrogens is 449 g/mol. The number of ether oxygens (including phenoxy) is 1. The van der Waals surface area contributed by atoms with E-state index >= 15 is 0 Å². The number of aliphatic hydroxyl groups is 1. The SMILES string of the molecule is COc1ccc([C@H]2CCC[C@H]3[C@@H]4C[C@@H](CN(C(=O)C5(O)CCNCC5)C4)CN23)cc1.Cl.Cl. The smallest absolute Gasteiger partial charge is 0.254 e. The number of methoxy groups -OCH3 is 1. The molecule has 4 atom stereocenters. The molecule has 0 spiro atoms. The summed E-state index contributed by atoms with van der Waals surface area (Å²) < 4.78 is 5.34. The molecule has 8 heteroatoms. The molecule has 1 aromatic carbocycles. The minimum Gasteiger partial charge on any atom is -0.497 e. The van der Waals surface area contributed by atoms with Gasteiger partial charge in [0.25, 0.3) is 5.91 Å². The number of piperidine rings is 4. The van der Waals surface area contributed by atoms with Gasteiger partial charge in [-0.1, -0.05) is 12.1 Å². The van der Waals surface area contributed by atoms with E-state index in [-0.39, 0.29) is 30.7 Å². The van der Waals surface area contributed by atoms with E-state index in [1.54, 1.807) is 7.11 Å². The van der Waals surface area contributed by atoms with Crippen LogP contribution >= 0.6 is 24.8 Å². The van der Waals surface area contributed by atoms with Gasteiger partial charge in [-0.05, 0) is 81.1 Å². The number of halogens is 2. The fourth-order valence-corrected chi connectivity index (χ4v) is 6.51. The van der Waals surface area contributed by atoms with Crippen molar-refractivity contribution >= 4 is 30.7 Å². The van der Waals surface area contributed by atoms with Gasteiger partial charge in [0.1, 0.15) is 11.4 Å². The molecule has 4 heterocycles. The molecule has 1 amide bonds. The quantitative estimate of drug-likeness (QED) is 0.688. The van der Waals surface area contributed by atoms with Gasteiger partial charge in [-0.2, -0.15) is 0 Å². The molecule has 2 bridgehead atoms. The number of nitrogens with zero attached hydrogens (tertiary/aromatic N) is 2. The van der Waals surface area contributed by atoms with E-state index in [1.807, 2.05) is 4.90 Å². The van der Waals surface area contributed by atoms with Crippen LogP contribution < -0.4 is 10.1 Å². The van der Waals surface area contributed by atoms with Crippen LogP contribution in [0.5, 0.6) is 5.75 Å². The third kappa shape index (κ3) is 4.76. The Morgan fingerprint density at radius 1 is 1.09 bits per heavy atom. The summed E-state index contributed by atoms with van der Waals surface area (Å²) in [4.78, 5) is 18.0. The van der Waals surface area contributed by atoms with E-state index in [0.717, 1.165) is 38.5 Å². The van der Waals surface area contributed by atoms with E-state index in [0.29, 0.717) is 36.8 Å². The first kappa shape index (κ1) is 25.6. The first-order valence-corrected chi connectivity index (χ1v) is 11.7. The van der Waals surface area contributed by atoms with Gasteiger partial charge >= 0.3 is 0 Å². The van der Waals surface area contributed by atoms with Crippen LogP contribution in [0.3, 0.4) is 0 Å². The molecular formula is C24H37Cl2N3O3. The molecule has 0 saturated carbocycles. The van der Waals surface area contributed by atoms with E-state index in [2.05, 4.69) is 34.5 Å². The summed E-state index contributed by atoms with van der Waals surface area (Å²) >= 11 is 0. The van der Waals surface area contributed by atoms with Crippen LogP contribution in [0.25, 0.3) is 0 Å². The maximum atomic E-state index is 13.2. The molecule has 4 saturated heterocycles. The lowest BCUT2D eigenvalue weighted by molar-refractivity contribution is -0.161. The number of carbonyl (C=O) groups is 1. The number of benzene rings is 1. The monoisotopic (exact) mass is 485 g/mol. The molecule has 4 aliphatic heterocycles. The molecule has 180 valence electrons. The van der Waals surface area contributed by atoms with Crippen LogP contribution in [-0.4, -0.2) is 72.3 Å². The molecule has 0 radical (unpaired) electrons. The van der Waals surface area contributed by atoms with Gasteiger partial charge in [-0.25, -0.2) is 0 Å². The zero-order valence-electron chi connectivity index (χ0n) is 18.9. The van der Waals surface area contributed by atoms with E-state index in [9.17, 15) is 9.90 Å². The van der Waals surface area contributed by atoms with Crippen molar-refractivity contribution in [3.8, 4) is 5.75 Å². The standard InChI is InChI=1S/C24H35N3O3.2ClH/c1-30-20-7-5-18(6-8-20)21-3-2-4-22-19-13-17(15-27(21)22)14-26(16-19)23(28)24(29)9-11-25-12-10-24;;/h5-8,17,19,21-22,25,29H,2-4,9-16H2,1H3;2*1H/t17-,19+,21+,22-;;/m0../s1. The summed E-state index contributed by atoms with van der Waals surface area (Å²) in [5.74, 6) is 1.92. The van der Waals surface area contributed by atoms with Crippen molar-refractivity contribution in [1.82, 2.24) is 15.1 Å². The van der Waals surface area contributed by atoms with Crippen molar-refractivity contribution in [3.05, 3.63) is 29.8 Å². The second kappa shape index (κ2) is 10.5. The fourth-order valence-electron chi connectivity index (χ4n) is 6.51. The first-order chi connectivity index (χ1) is 14.6. The Hall–Kier alpha value is -1.05. The maximum Gasteiger partial charge on any atom is 0.254 e. The molecule has 0 aromatic heterocycles. The second-order valence-corrected chi connectivity index (χ2v) is 9.84. The fraction of sp³-hybridized carbons (Fsp3) is 0.708. The highest BCUT2D eigenvalue weighted by Crippen LogP contribution is 2.45. The Morgan fingerprint density at radius 2 is 1.81 bits per heavy atom. The largest absolute Gasteiger partial charge is 0.497 e. The molecule has 5 rings (SSSR count). The summed E-state index contributed by atoms with van der Waals surface area (Å²) in [6.07, 6.45) is 5.96. The van der Waals surface area contributed by atoms with Crippen molar-refractivity contribution < 1.29 is 14.6 Å². The van der Waals surface area contributed by atoms with Crippen LogP contribution in [0, 0.1) is 11.8 Å². The van der Waals surface area contributed by atoms with Crippen molar-refractivity contribution in [3.63, 3.8) is 0 Å². The first-order valence-electron chi connectivity index (χ1n) is 11.7. The highest BCUT2D eigenvalue weighted by molar-refractivity contribution is 5.86. The lowest BCUT2D eigenvalue weighted by atomic mass is 9.73. The Morgan fingerprint density at radius 3 is 2.50 bits per heavy atom. The van der Waals surface area contributed by atoms with E-state index in [1.165, 1.54) is 31.2 Å². The summed E-state index contributed by atoms with van der Waals surface area (Å²) in [6.45, 7) is 4.11. The van der Waals surface area contributed by atoms with Crippen LogP contribution in [-0.2, 0) is 4.79 Å². The van der Waals surface area contributed by atoms with Crippen LogP contribution in [0.15, 0.2) is 24.3 Å². The number of nitrogens with one attached hydrogen (secondary N) is 1. The van der Waals surface area contributed by atoms with Gasteiger partial charge in [0.05, 0.1) is 7.11 Å². The molecule has 4 aliphatic rings. The zero-order valence-corrected chi connectivity index (χ0v) is 20.5. The normalized spacial score (nSPS) is 31.5. The Labute approximate surface area is 203 Å². The average molecular weight is 486 g/mol. The Bertz CT molecular complexity index is 772. The number of hydrogen-bond donors (Lipinski definition) is 2. The van der Waals surface area contributed by atoms with Gasteiger partial charge in [0.2, 0.25) is 0 Å². The second-order valence-electron chi connectivity index (χ2n) is 9.84.